The molecule has 0 aromatic carbocycles. The van der Waals surface area contributed by atoms with Crippen LogP contribution in [0.5, 0.6) is 0 Å². The van der Waals surface area contributed by atoms with E-state index in [0.29, 0.717) is 0 Å². The number of rotatable bonds is 2. The molecule has 0 atom stereocenters. The van der Waals surface area contributed by atoms with Crippen molar-refractivity contribution in [3.8, 4) is 0 Å². The lowest BCUT2D eigenvalue weighted by molar-refractivity contribution is -1.07. The number of hydrogen-bond donors (Lipinski definition) is 0. The fraction of sp³-hybridized carbons (Fsp3) is 1.00. The molecule has 3 aliphatic heterocycles. The topological polar surface area (TPSA) is 0 Å². The molecular weight excluding hydrogens is 369 g/mol. The highest BCUT2D eigenvalue weighted by atomic mass is 35.5. The van der Waals surface area contributed by atoms with Gasteiger partial charge >= 0.3 is 14.5 Å². The van der Waals surface area contributed by atoms with E-state index < -0.39 is 14.5 Å². The fourth-order valence-corrected chi connectivity index (χ4v) is 3.02. The summed E-state index contributed by atoms with van der Waals surface area (Å²) in [6.07, 6.45) is 0. The Morgan fingerprint density at radius 3 is 0.773 bits per heavy atom. The van der Waals surface area contributed by atoms with E-state index in [4.69, 9.17) is 23.2 Å². The minimum atomic E-state index is -6.00. The van der Waals surface area contributed by atoms with Gasteiger partial charge in [0.15, 0.2) is 12.0 Å². The van der Waals surface area contributed by atoms with Gasteiger partial charge in [-0.05, 0) is 0 Å². The summed E-state index contributed by atoms with van der Waals surface area (Å²) in [6.45, 7) is 7.39. The molecule has 0 unspecified atom stereocenters. The van der Waals surface area contributed by atoms with Crippen molar-refractivity contribution in [2.75, 3.05) is 51.3 Å². The van der Waals surface area contributed by atoms with Crippen LogP contribution in [0.3, 0.4) is 0 Å². The number of alkyl halides is 2. The number of fused-ring (bicyclic) bond motifs is 3. The smallest absolute Gasteiger partial charge is 0.418 e. The lowest BCUT2D eigenvalue weighted by Gasteiger charge is -2.53. The van der Waals surface area contributed by atoms with Gasteiger partial charge in [-0.3, -0.25) is 8.97 Å². The van der Waals surface area contributed by atoms with Gasteiger partial charge in [0.25, 0.3) is 0 Å². The first-order valence-electron chi connectivity index (χ1n) is 6.31. The average molecular weight is 385 g/mol. The molecule has 3 fully saturated rings. The van der Waals surface area contributed by atoms with E-state index in [0.717, 1.165) is 21.0 Å². The molecule has 0 aromatic heterocycles. The second kappa shape index (κ2) is 8.25. The Labute approximate surface area is 133 Å². The zero-order valence-electron chi connectivity index (χ0n) is 11.5. The summed E-state index contributed by atoms with van der Waals surface area (Å²) >= 11 is 12.0. The Morgan fingerprint density at radius 1 is 0.545 bits per heavy atom. The molecule has 0 amide bonds. The summed E-state index contributed by atoms with van der Waals surface area (Å²) in [5, 5.41) is 0. The molecule has 0 radical (unpaired) electrons. The average Bonchev–Trinajstić information content (AvgIpc) is 2.37. The normalized spacial score (nSPS) is 30.8. The number of piperazine rings is 3. The first-order valence-corrected chi connectivity index (χ1v) is 7.38. The molecule has 0 saturated carbocycles. The van der Waals surface area contributed by atoms with E-state index in [2.05, 4.69) is 0 Å². The number of quaternary nitrogens is 2. The third-order valence-electron chi connectivity index (χ3n) is 3.65. The maximum Gasteiger partial charge on any atom is 0.673 e. The van der Waals surface area contributed by atoms with E-state index in [1.165, 1.54) is 39.3 Å². The summed E-state index contributed by atoms with van der Waals surface area (Å²) in [7, 11) is -12.0. The summed E-state index contributed by atoms with van der Waals surface area (Å²) in [4.78, 5) is 0. The molecule has 3 heterocycles. The highest BCUT2D eigenvalue weighted by Crippen LogP contribution is 2.27. The fourth-order valence-electron chi connectivity index (χ4n) is 2.30. The largest absolute Gasteiger partial charge is 0.673 e. The monoisotopic (exact) mass is 384 g/mol. The summed E-state index contributed by atoms with van der Waals surface area (Å²) in [5.41, 5.74) is 0. The predicted octanol–water partition coefficient (Wildman–Crippen LogP) is 3.64. The summed E-state index contributed by atoms with van der Waals surface area (Å²) < 4.78 is 80.3. The van der Waals surface area contributed by atoms with Crippen molar-refractivity contribution in [1.82, 2.24) is 0 Å². The number of nitrogens with zero attached hydrogens (tertiary/aromatic N) is 2. The molecule has 3 rings (SSSR count). The second-order valence-electron chi connectivity index (χ2n) is 5.25. The second-order valence-corrected chi connectivity index (χ2v) is 5.73. The van der Waals surface area contributed by atoms with Gasteiger partial charge in [0, 0.05) is 0 Å². The van der Waals surface area contributed by atoms with Gasteiger partial charge in [0.1, 0.15) is 39.3 Å². The molecule has 14 heteroatoms. The van der Waals surface area contributed by atoms with Crippen molar-refractivity contribution in [2.24, 2.45) is 0 Å². The number of halogens is 10. The number of hydrogen-bond acceptors (Lipinski definition) is 0. The Morgan fingerprint density at radius 2 is 0.682 bits per heavy atom. The molecular formula is C8H16B2Cl2F8N2. The van der Waals surface area contributed by atoms with Gasteiger partial charge in [0.05, 0.1) is 0 Å². The van der Waals surface area contributed by atoms with E-state index in [9.17, 15) is 34.5 Å². The molecule has 0 spiro atoms. The van der Waals surface area contributed by atoms with E-state index in [1.54, 1.807) is 0 Å². The van der Waals surface area contributed by atoms with Crippen LogP contribution >= 0.6 is 23.2 Å². The first-order chi connectivity index (χ1) is 9.74. The van der Waals surface area contributed by atoms with E-state index >= 15 is 0 Å². The molecule has 0 aliphatic carbocycles. The molecule has 134 valence electrons. The van der Waals surface area contributed by atoms with E-state index in [1.807, 2.05) is 0 Å². The van der Waals surface area contributed by atoms with Crippen LogP contribution in [0.2, 0.25) is 0 Å². The lowest BCUT2D eigenvalue weighted by atomic mass is 10.1. The van der Waals surface area contributed by atoms with Crippen LogP contribution in [-0.4, -0.2) is 74.8 Å². The van der Waals surface area contributed by atoms with Gasteiger partial charge in [-0.25, -0.2) is 0 Å². The third kappa shape index (κ3) is 9.96. The Bertz CT molecular complexity index is 273. The van der Waals surface area contributed by atoms with Crippen LogP contribution in [0.25, 0.3) is 0 Å². The van der Waals surface area contributed by atoms with Crippen LogP contribution in [0.4, 0.5) is 34.5 Å². The van der Waals surface area contributed by atoms with E-state index in [-0.39, 0.29) is 0 Å². The minimum Gasteiger partial charge on any atom is -0.418 e. The lowest BCUT2D eigenvalue weighted by Crippen LogP contribution is -2.74. The van der Waals surface area contributed by atoms with Gasteiger partial charge in [-0.2, -0.15) is 0 Å². The highest BCUT2D eigenvalue weighted by molar-refractivity contribution is 6.50. The van der Waals surface area contributed by atoms with Crippen molar-refractivity contribution in [2.45, 2.75) is 0 Å². The zero-order chi connectivity index (χ0) is 17.7. The molecule has 3 aliphatic rings. The molecule has 2 bridgehead atoms. The summed E-state index contributed by atoms with van der Waals surface area (Å²) in [5.74, 6) is 0. The van der Waals surface area contributed by atoms with Gasteiger partial charge in [-0.1, -0.05) is 23.2 Å². The highest BCUT2D eigenvalue weighted by Gasteiger charge is 2.47. The Hall–Kier alpha value is 0.0699. The van der Waals surface area contributed by atoms with Crippen molar-refractivity contribution in [3.63, 3.8) is 0 Å². The molecule has 2 nitrogen and oxygen atoms in total. The first kappa shape index (κ1) is 22.1. The van der Waals surface area contributed by atoms with Crippen LogP contribution in [0.1, 0.15) is 0 Å². The predicted molar refractivity (Wildman–Crippen MR) is 71.5 cm³/mol. The quantitative estimate of drug-likeness (QED) is 0.224. The zero-order valence-corrected chi connectivity index (χ0v) is 13.0. The van der Waals surface area contributed by atoms with Gasteiger partial charge < -0.3 is 34.5 Å². The van der Waals surface area contributed by atoms with Gasteiger partial charge in [0.2, 0.25) is 0 Å². The van der Waals surface area contributed by atoms with Crippen molar-refractivity contribution in [3.05, 3.63) is 0 Å². The third-order valence-corrected chi connectivity index (χ3v) is 4.67. The molecule has 0 aromatic rings. The Kier molecular flexibility index (Phi) is 8.28. The van der Waals surface area contributed by atoms with Crippen molar-refractivity contribution >= 4 is 37.7 Å². The van der Waals surface area contributed by atoms with Crippen LogP contribution in [-0.2, 0) is 0 Å². The van der Waals surface area contributed by atoms with Crippen LogP contribution in [0, 0.1) is 0 Å². The van der Waals surface area contributed by atoms with Crippen LogP contribution < -0.4 is 0 Å². The maximum absolute atomic E-state index is 9.75. The molecule has 3 saturated heterocycles. The van der Waals surface area contributed by atoms with Crippen molar-refractivity contribution < 1.29 is 43.5 Å². The molecule has 22 heavy (non-hydrogen) atoms. The SMILES string of the molecule is ClC[N+]12CC[N+](CCl)(CC1)CC2.F[B-](F)(F)F.F[B-](F)(F)F. The maximum atomic E-state index is 9.75. The van der Waals surface area contributed by atoms with Crippen LogP contribution in [0.15, 0.2) is 0 Å². The standard InChI is InChI=1S/C8H16Cl2N2.2BF4/c9-7-11-1-2-12(8-10,5-3-11)6-4-11;2*2-1(3,4)5/h1-8H2;;/q+2;2*-1. The summed E-state index contributed by atoms with van der Waals surface area (Å²) in [6, 6.07) is 1.59. The van der Waals surface area contributed by atoms with Gasteiger partial charge in [-0.15, -0.1) is 0 Å². The van der Waals surface area contributed by atoms with Crippen molar-refractivity contribution in [1.29, 1.82) is 0 Å². The molecule has 0 N–H and O–H groups in total. The minimum absolute atomic E-state index is 0.794. The Balaban J connectivity index is 0.000000372.